The van der Waals surface area contributed by atoms with Crippen LogP contribution in [0.2, 0.25) is 0 Å². The molecular weight excluding hydrogens is 174 g/mol. The van der Waals surface area contributed by atoms with Gasteiger partial charge in [-0.05, 0) is 69.7 Å². The SMILES string of the molecule is NCC1CNCC(C2CCCNC2)C1. The van der Waals surface area contributed by atoms with E-state index in [0.29, 0.717) is 0 Å². The molecule has 0 radical (unpaired) electrons. The van der Waals surface area contributed by atoms with Gasteiger partial charge in [-0.2, -0.15) is 0 Å². The summed E-state index contributed by atoms with van der Waals surface area (Å²) in [6, 6.07) is 0. The largest absolute Gasteiger partial charge is 0.330 e. The van der Waals surface area contributed by atoms with Gasteiger partial charge in [0.1, 0.15) is 0 Å². The van der Waals surface area contributed by atoms with Crippen molar-refractivity contribution >= 4 is 0 Å². The molecule has 0 aliphatic carbocycles. The zero-order valence-corrected chi connectivity index (χ0v) is 8.97. The average Bonchev–Trinajstić information content (AvgIpc) is 2.30. The summed E-state index contributed by atoms with van der Waals surface area (Å²) in [4.78, 5) is 0. The van der Waals surface area contributed by atoms with Crippen LogP contribution in [0.5, 0.6) is 0 Å². The van der Waals surface area contributed by atoms with Crippen molar-refractivity contribution in [2.45, 2.75) is 19.3 Å². The van der Waals surface area contributed by atoms with E-state index < -0.39 is 0 Å². The van der Waals surface area contributed by atoms with E-state index in [1.807, 2.05) is 0 Å². The van der Waals surface area contributed by atoms with Crippen molar-refractivity contribution in [3.8, 4) is 0 Å². The number of piperidine rings is 2. The second-order valence-electron chi connectivity index (χ2n) is 4.86. The molecule has 3 nitrogen and oxygen atoms in total. The Kier molecular flexibility index (Phi) is 3.79. The quantitative estimate of drug-likeness (QED) is 0.591. The van der Waals surface area contributed by atoms with Crippen molar-refractivity contribution in [1.82, 2.24) is 10.6 Å². The van der Waals surface area contributed by atoms with Crippen LogP contribution in [0.25, 0.3) is 0 Å². The Morgan fingerprint density at radius 1 is 1.07 bits per heavy atom. The van der Waals surface area contributed by atoms with Crippen LogP contribution in [0.15, 0.2) is 0 Å². The summed E-state index contributed by atoms with van der Waals surface area (Å²) in [6.07, 6.45) is 4.11. The van der Waals surface area contributed by atoms with E-state index in [1.54, 1.807) is 0 Å². The Morgan fingerprint density at radius 3 is 2.64 bits per heavy atom. The number of nitrogens with one attached hydrogen (secondary N) is 2. The molecule has 4 N–H and O–H groups in total. The van der Waals surface area contributed by atoms with E-state index in [-0.39, 0.29) is 0 Å². The minimum absolute atomic E-state index is 0.718. The first-order valence-electron chi connectivity index (χ1n) is 6.01. The molecular formula is C11H23N3. The number of hydrogen-bond donors (Lipinski definition) is 3. The van der Waals surface area contributed by atoms with Crippen LogP contribution < -0.4 is 16.4 Å². The van der Waals surface area contributed by atoms with Gasteiger partial charge in [-0.25, -0.2) is 0 Å². The van der Waals surface area contributed by atoms with Gasteiger partial charge in [-0.15, -0.1) is 0 Å². The first kappa shape index (κ1) is 10.4. The summed E-state index contributed by atoms with van der Waals surface area (Å²) in [5, 5.41) is 7.03. The van der Waals surface area contributed by atoms with Gasteiger partial charge in [0.25, 0.3) is 0 Å². The average molecular weight is 197 g/mol. The lowest BCUT2D eigenvalue weighted by Gasteiger charge is -2.36. The minimum Gasteiger partial charge on any atom is -0.330 e. The highest BCUT2D eigenvalue weighted by Gasteiger charge is 2.28. The summed E-state index contributed by atoms with van der Waals surface area (Å²) in [6.45, 7) is 5.64. The predicted molar refractivity (Wildman–Crippen MR) is 59.1 cm³/mol. The molecule has 0 amide bonds. The molecule has 0 aromatic carbocycles. The second-order valence-corrected chi connectivity index (χ2v) is 4.86. The predicted octanol–water partition coefficient (Wildman–Crippen LogP) is 0.170. The molecule has 0 aromatic rings. The minimum atomic E-state index is 0.718. The van der Waals surface area contributed by atoms with Crippen LogP contribution in [0.3, 0.4) is 0 Å². The van der Waals surface area contributed by atoms with E-state index in [0.717, 1.165) is 30.8 Å². The summed E-state index contributed by atoms with van der Waals surface area (Å²) < 4.78 is 0. The Labute approximate surface area is 86.8 Å². The van der Waals surface area contributed by atoms with Crippen molar-refractivity contribution in [1.29, 1.82) is 0 Å². The molecule has 2 aliphatic heterocycles. The third-order valence-corrected chi connectivity index (χ3v) is 3.81. The Balaban J connectivity index is 1.83. The summed E-state index contributed by atoms with van der Waals surface area (Å²) in [5.74, 6) is 2.48. The lowest BCUT2D eigenvalue weighted by atomic mass is 9.78. The van der Waals surface area contributed by atoms with Crippen molar-refractivity contribution in [2.24, 2.45) is 23.5 Å². The second kappa shape index (κ2) is 5.10. The van der Waals surface area contributed by atoms with Crippen LogP contribution in [-0.2, 0) is 0 Å². The van der Waals surface area contributed by atoms with E-state index in [9.17, 15) is 0 Å². The third kappa shape index (κ3) is 2.47. The van der Waals surface area contributed by atoms with Crippen LogP contribution in [0.1, 0.15) is 19.3 Å². The molecule has 2 rings (SSSR count). The number of rotatable bonds is 2. The first-order valence-corrected chi connectivity index (χ1v) is 6.01. The van der Waals surface area contributed by atoms with Crippen LogP contribution in [-0.4, -0.2) is 32.7 Å². The third-order valence-electron chi connectivity index (χ3n) is 3.81. The van der Waals surface area contributed by atoms with Gasteiger partial charge in [0.05, 0.1) is 0 Å². The van der Waals surface area contributed by atoms with Crippen molar-refractivity contribution in [2.75, 3.05) is 32.7 Å². The summed E-state index contributed by atoms with van der Waals surface area (Å²) >= 11 is 0. The van der Waals surface area contributed by atoms with Gasteiger partial charge in [-0.3, -0.25) is 0 Å². The van der Waals surface area contributed by atoms with Crippen LogP contribution >= 0.6 is 0 Å². The van der Waals surface area contributed by atoms with Crippen LogP contribution in [0.4, 0.5) is 0 Å². The lowest BCUT2D eigenvalue weighted by Crippen LogP contribution is -2.45. The molecule has 2 fully saturated rings. The summed E-state index contributed by atoms with van der Waals surface area (Å²) in [7, 11) is 0. The Hall–Kier alpha value is -0.120. The molecule has 3 unspecified atom stereocenters. The molecule has 0 aromatic heterocycles. The molecule has 3 heteroatoms. The normalized spacial score (nSPS) is 39.6. The standard InChI is InChI=1S/C11H23N3/c12-5-9-4-11(8-14-6-9)10-2-1-3-13-7-10/h9-11,13-14H,1-8,12H2. The smallest absolute Gasteiger partial charge is 0.000823 e. The van der Waals surface area contributed by atoms with Crippen molar-refractivity contribution in [3.63, 3.8) is 0 Å². The fourth-order valence-electron chi connectivity index (χ4n) is 2.89. The van der Waals surface area contributed by atoms with E-state index in [4.69, 9.17) is 5.73 Å². The lowest BCUT2D eigenvalue weighted by molar-refractivity contribution is 0.185. The van der Waals surface area contributed by atoms with Gasteiger partial charge in [-0.1, -0.05) is 0 Å². The topological polar surface area (TPSA) is 50.1 Å². The highest BCUT2D eigenvalue weighted by atomic mass is 14.9. The Morgan fingerprint density at radius 2 is 1.93 bits per heavy atom. The van der Waals surface area contributed by atoms with Crippen molar-refractivity contribution < 1.29 is 0 Å². The maximum absolute atomic E-state index is 5.74. The molecule has 2 aliphatic rings. The zero-order valence-electron chi connectivity index (χ0n) is 8.97. The molecule has 2 saturated heterocycles. The summed E-state index contributed by atoms with van der Waals surface area (Å²) in [5.41, 5.74) is 5.74. The fourth-order valence-corrected chi connectivity index (χ4v) is 2.89. The molecule has 3 atom stereocenters. The van der Waals surface area contributed by atoms with E-state index in [1.165, 1.54) is 38.9 Å². The maximum atomic E-state index is 5.74. The zero-order chi connectivity index (χ0) is 9.80. The number of nitrogens with two attached hydrogens (primary N) is 1. The molecule has 0 spiro atoms. The molecule has 82 valence electrons. The molecule has 14 heavy (non-hydrogen) atoms. The monoisotopic (exact) mass is 197 g/mol. The van der Waals surface area contributed by atoms with Gasteiger partial charge in [0, 0.05) is 0 Å². The Bertz CT molecular complexity index is 166. The highest BCUT2D eigenvalue weighted by molar-refractivity contribution is 4.84. The van der Waals surface area contributed by atoms with E-state index in [2.05, 4.69) is 10.6 Å². The van der Waals surface area contributed by atoms with Crippen LogP contribution in [0, 0.1) is 17.8 Å². The number of hydrogen-bond acceptors (Lipinski definition) is 3. The van der Waals surface area contributed by atoms with Gasteiger partial charge >= 0.3 is 0 Å². The molecule has 0 saturated carbocycles. The van der Waals surface area contributed by atoms with E-state index >= 15 is 0 Å². The maximum Gasteiger partial charge on any atom is -0.000823 e. The molecule has 0 bridgehead atoms. The van der Waals surface area contributed by atoms with Gasteiger partial charge in [0.2, 0.25) is 0 Å². The van der Waals surface area contributed by atoms with Gasteiger partial charge < -0.3 is 16.4 Å². The first-order chi connectivity index (χ1) is 6.90. The van der Waals surface area contributed by atoms with Gasteiger partial charge in [0.15, 0.2) is 0 Å². The highest BCUT2D eigenvalue weighted by Crippen LogP contribution is 2.27. The fraction of sp³-hybridized carbons (Fsp3) is 1.00. The molecule has 2 heterocycles. The van der Waals surface area contributed by atoms with Crippen molar-refractivity contribution in [3.05, 3.63) is 0 Å².